The summed E-state index contributed by atoms with van der Waals surface area (Å²) in [6.45, 7) is 3.68. The highest BCUT2D eigenvalue weighted by Gasteiger charge is 2.22. The van der Waals surface area contributed by atoms with Crippen LogP contribution in [0.1, 0.15) is 25.3 Å². The van der Waals surface area contributed by atoms with Gasteiger partial charge < -0.3 is 20.7 Å². The van der Waals surface area contributed by atoms with Gasteiger partial charge in [0.25, 0.3) is 0 Å². The molecule has 0 bridgehead atoms. The number of rotatable bonds is 8. The first-order chi connectivity index (χ1) is 11.2. The molecule has 1 aromatic rings. The van der Waals surface area contributed by atoms with Gasteiger partial charge in [0.1, 0.15) is 12.3 Å². The van der Waals surface area contributed by atoms with E-state index < -0.39 is 0 Å². The maximum absolute atomic E-state index is 11.7. The average molecular weight is 446 g/mol. The summed E-state index contributed by atoms with van der Waals surface area (Å²) in [6.07, 6.45) is 3.06. The number of amides is 1. The predicted octanol–water partition coefficient (Wildman–Crippen LogP) is 1.69. The van der Waals surface area contributed by atoms with Gasteiger partial charge in [-0.15, -0.1) is 24.0 Å². The van der Waals surface area contributed by atoms with Crippen LogP contribution < -0.4 is 20.7 Å². The van der Waals surface area contributed by atoms with Crippen molar-refractivity contribution in [2.24, 2.45) is 4.99 Å². The Hall–Kier alpha value is -1.51. The fourth-order valence-corrected chi connectivity index (χ4v) is 2.11. The minimum absolute atomic E-state index is 0. The number of benzene rings is 1. The normalized spacial score (nSPS) is 13.7. The molecule has 24 heavy (non-hydrogen) atoms. The number of guanidine groups is 1. The van der Waals surface area contributed by atoms with Gasteiger partial charge in [-0.05, 0) is 43.9 Å². The van der Waals surface area contributed by atoms with E-state index in [1.807, 2.05) is 31.2 Å². The first kappa shape index (κ1) is 20.5. The van der Waals surface area contributed by atoms with Gasteiger partial charge in [0, 0.05) is 19.1 Å². The number of carbonyl (C=O) groups is 1. The molecule has 0 saturated heterocycles. The van der Waals surface area contributed by atoms with Crippen LogP contribution in [0, 0.1) is 0 Å². The van der Waals surface area contributed by atoms with E-state index in [1.165, 1.54) is 5.56 Å². The third kappa shape index (κ3) is 7.85. The van der Waals surface area contributed by atoms with E-state index in [4.69, 9.17) is 4.74 Å². The Bertz CT molecular complexity index is 530. The Morgan fingerprint density at radius 3 is 2.54 bits per heavy atom. The third-order valence-electron chi connectivity index (χ3n) is 3.53. The zero-order valence-corrected chi connectivity index (χ0v) is 16.6. The molecule has 0 heterocycles. The zero-order chi connectivity index (χ0) is 16.5. The molecule has 3 N–H and O–H groups in total. The molecular formula is C17H27IN4O2. The SMILES string of the molecule is CCNC(=NCC(=O)NC1CC1)NCCc1ccc(OC)cc1.I. The molecule has 1 saturated carbocycles. The number of methoxy groups -OCH3 is 1. The molecule has 0 atom stereocenters. The van der Waals surface area contributed by atoms with E-state index in [2.05, 4.69) is 20.9 Å². The third-order valence-corrected chi connectivity index (χ3v) is 3.53. The molecule has 1 amide bonds. The summed E-state index contributed by atoms with van der Waals surface area (Å²) in [7, 11) is 1.66. The second kappa shape index (κ2) is 11.1. The van der Waals surface area contributed by atoms with E-state index in [9.17, 15) is 4.79 Å². The molecule has 134 valence electrons. The van der Waals surface area contributed by atoms with Crippen LogP contribution in [0.15, 0.2) is 29.3 Å². The summed E-state index contributed by atoms with van der Waals surface area (Å²) in [5, 5.41) is 9.33. The van der Waals surface area contributed by atoms with E-state index >= 15 is 0 Å². The van der Waals surface area contributed by atoms with Crippen LogP contribution >= 0.6 is 24.0 Å². The second-order valence-corrected chi connectivity index (χ2v) is 5.56. The van der Waals surface area contributed by atoms with Crippen molar-refractivity contribution in [1.29, 1.82) is 0 Å². The number of halogens is 1. The molecule has 0 spiro atoms. The molecule has 0 unspecified atom stereocenters. The van der Waals surface area contributed by atoms with E-state index in [1.54, 1.807) is 7.11 Å². The number of carbonyl (C=O) groups excluding carboxylic acids is 1. The molecule has 1 aliphatic rings. The number of aliphatic imine (C=N–C) groups is 1. The largest absolute Gasteiger partial charge is 0.497 e. The molecule has 1 aliphatic carbocycles. The topological polar surface area (TPSA) is 74.8 Å². The Morgan fingerprint density at radius 2 is 1.96 bits per heavy atom. The minimum Gasteiger partial charge on any atom is -0.497 e. The Balaban J connectivity index is 0.00000288. The van der Waals surface area contributed by atoms with E-state index in [0.29, 0.717) is 12.0 Å². The predicted molar refractivity (Wildman–Crippen MR) is 107 cm³/mol. The van der Waals surface area contributed by atoms with Gasteiger partial charge >= 0.3 is 0 Å². The lowest BCUT2D eigenvalue weighted by Crippen LogP contribution is -2.39. The molecule has 7 heteroatoms. The second-order valence-electron chi connectivity index (χ2n) is 5.56. The van der Waals surface area contributed by atoms with Crippen LogP contribution in [0.25, 0.3) is 0 Å². The zero-order valence-electron chi connectivity index (χ0n) is 14.3. The minimum atomic E-state index is -0.0140. The maximum atomic E-state index is 11.7. The average Bonchev–Trinajstić information content (AvgIpc) is 3.37. The number of nitrogens with one attached hydrogen (secondary N) is 3. The van der Waals surface area contributed by atoms with Gasteiger partial charge in [-0.2, -0.15) is 0 Å². The van der Waals surface area contributed by atoms with Crippen LogP contribution in [-0.4, -0.2) is 44.7 Å². The molecule has 1 aromatic carbocycles. The van der Waals surface area contributed by atoms with Crippen molar-refractivity contribution < 1.29 is 9.53 Å². The molecule has 2 rings (SSSR count). The molecule has 0 aliphatic heterocycles. The maximum Gasteiger partial charge on any atom is 0.242 e. The Kier molecular flexibility index (Phi) is 9.51. The summed E-state index contributed by atoms with van der Waals surface area (Å²) >= 11 is 0. The number of ether oxygens (including phenoxy) is 1. The molecular weight excluding hydrogens is 419 g/mol. The Morgan fingerprint density at radius 1 is 1.25 bits per heavy atom. The number of nitrogens with zero attached hydrogens (tertiary/aromatic N) is 1. The summed E-state index contributed by atoms with van der Waals surface area (Å²) in [6, 6.07) is 8.39. The monoisotopic (exact) mass is 446 g/mol. The highest BCUT2D eigenvalue weighted by Crippen LogP contribution is 2.18. The summed E-state index contributed by atoms with van der Waals surface area (Å²) in [4.78, 5) is 16.0. The lowest BCUT2D eigenvalue weighted by atomic mass is 10.1. The van der Waals surface area contributed by atoms with Crippen LogP contribution in [0.3, 0.4) is 0 Å². The van der Waals surface area contributed by atoms with Crippen LogP contribution in [0.5, 0.6) is 5.75 Å². The van der Waals surface area contributed by atoms with Gasteiger partial charge in [-0.25, -0.2) is 4.99 Å². The molecule has 0 radical (unpaired) electrons. The lowest BCUT2D eigenvalue weighted by molar-refractivity contribution is -0.119. The summed E-state index contributed by atoms with van der Waals surface area (Å²) in [5.74, 6) is 1.52. The van der Waals surface area contributed by atoms with Gasteiger partial charge in [-0.3, -0.25) is 4.79 Å². The summed E-state index contributed by atoms with van der Waals surface area (Å²) < 4.78 is 5.15. The van der Waals surface area contributed by atoms with Crippen molar-refractivity contribution in [3.8, 4) is 5.75 Å². The first-order valence-corrected chi connectivity index (χ1v) is 8.15. The van der Waals surface area contributed by atoms with Gasteiger partial charge in [0.05, 0.1) is 7.11 Å². The van der Waals surface area contributed by atoms with Gasteiger partial charge in [-0.1, -0.05) is 12.1 Å². The van der Waals surface area contributed by atoms with Crippen molar-refractivity contribution >= 4 is 35.8 Å². The summed E-state index contributed by atoms with van der Waals surface area (Å²) in [5.41, 5.74) is 1.22. The van der Waals surface area contributed by atoms with Crippen LogP contribution in [0.2, 0.25) is 0 Å². The van der Waals surface area contributed by atoms with Gasteiger partial charge in [0.15, 0.2) is 5.96 Å². The van der Waals surface area contributed by atoms with Gasteiger partial charge in [0.2, 0.25) is 5.91 Å². The first-order valence-electron chi connectivity index (χ1n) is 8.15. The van der Waals surface area contributed by atoms with E-state index in [0.717, 1.165) is 38.1 Å². The molecule has 6 nitrogen and oxygen atoms in total. The van der Waals surface area contributed by atoms with Crippen molar-refractivity contribution in [2.75, 3.05) is 26.7 Å². The van der Waals surface area contributed by atoms with Crippen molar-refractivity contribution in [3.05, 3.63) is 29.8 Å². The fraction of sp³-hybridized carbons (Fsp3) is 0.529. The smallest absolute Gasteiger partial charge is 0.242 e. The highest BCUT2D eigenvalue weighted by atomic mass is 127. The fourth-order valence-electron chi connectivity index (χ4n) is 2.11. The van der Waals surface area contributed by atoms with Crippen molar-refractivity contribution in [1.82, 2.24) is 16.0 Å². The Labute approximate surface area is 160 Å². The molecule has 1 fully saturated rings. The molecule has 0 aromatic heterocycles. The van der Waals surface area contributed by atoms with E-state index in [-0.39, 0.29) is 36.4 Å². The van der Waals surface area contributed by atoms with Crippen molar-refractivity contribution in [2.45, 2.75) is 32.2 Å². The standard InChI is InChI=1S/C17H26N4O2.HI/c1-3-18-17(20-12-16(22)21-14-6-7-14)19-11-10-13-4-8-15(23-2)9-5-13;/h4-5,8-9,14H,3,6-7,10-12H2,1-2H3,(H,21,22)(H2,18,19,20);1H. The highest BCUT2D eigenvalue weighted by molar-refractivity contribution is 14.0. The van der Waals surface area contributed by atoms with Crippen LogP contribution in [-0.2, 0) is 11.2 Å². The quantitative estimate of drug-likeness (QED) is 0.323. The number of hydrogen-bond donors (Lipinski definition) is 3. The van der Waals surface area contributed by atoms with Crippen molar-refractivity contribution in [3.63, 3.8) is 0 Å². The lowest BCUT2D eigenvalue weighted by Gasteiger charge is -2.11. The number of hydrogen-bond acceptors (Lipinski definition) is 3. The van der Waals surface area contributed by atoms with Crippen LogP contribution in [0.4, 0.5) is 0 Å².